The summed E-state index contributed by atoms with van der Waals surface area (Å²) in [6.07, 6.45) is 3.80. The molecule has 2 aromatic heterocycles. The molecule has 0 spiro atoms. The van der Waals surface area contributed by atoms with E-state index in [4.69, 9.17) is 9.47 Å². The van der Waals surface area contributed by atoms with Crippen molar-refractivity contribution in [3.8, 4) is 11.5 Å². The molecule has 0 saturated heterocycles. The standard InChI is InChI=1S/C21H23N3O5S/c1-23-20(26)19-18(13-6-4-5-7-16(13)30-19)24(21(23)27)11-17(25)22-14-9-8-12(28-2)10-15(14)29-3/h8-10H,4-7,11H2,1-3H3,(H,22,25). The summed E-state index contributed by atoms with van der Waals surface area (Å²) in [7, 11) is 4.50. The van der Waals surface area contributed by atoms with Gasteiger partial charge in [0.2, 0.25) is 5.91 Å². The monoisotopic (exact) mass is 429 g/mol. The number of rotatable bonds is 5. The molecular formula is C21H23N3O5S. The quantitative estimate of drug-likeness (QED) is 0.672. The first-order valence-electron chi connectivity index (χ1n) is 9.70. The minimum atomic E-state index is -0.490. The third-order valence-electron chi connectivity index (χ3n) is 5.41. The van der Waals surface area contributed by atoms with E-state index in [2.05, 4.69) is 5.32 Å². The van der Waals surface area contributed by atoms with Gasteiger partial charge in [-0.25, -0.2) is 4.79 Å². The predicted octanol–water partition coefficient (Wildman–Crippen LogP) is 2.30. The molecule has 0 atom stereocenters. The van der Waals surface area contributed by atoms with Gasteiger partial charge in [-0.15, -0.1) is 11.3 Å². The predicted molar refractivity (Wildman–Crippen MR) is 116 cm³/mol. The SMILES string of the molecule is COc1ccc(NC(=O)Cn2c(=O)n(C)c(=O)c3sc4c(c32)CCCC4)c(OC)c1. The summed E-state index contributed by atoms with van der Waals surface area (Å²) in [6.45, 7) is -0.193. The maximum Gasteiger partial charge on any atom is 0.331 e. The topological polar surface area (TPSA) is 91.6 Å². The second-order valence-electron chi connectivity index (χ2n) is 7.24. The summed E-state index contributed by atoms with van der Waals surface area (Å²) < 4.78 is 13.5. The normalized spacial score (nSPS) is 13.2. The zero-order valence-corrected chi connectivity index (χ0v) is 17.9. The molecule has 0 fully saturated rings. The zero-order chi connectivity index (χ0) is 21.4. The highest BCUT2D eigenvalue weighted by Gasteiger charge is 2.24. The Kier molecular flexibility index (Phi) is 5.38. The summed E-state index contributed by atoms with van der Waals surface area (Å²) in [6, 6.07) is 5.06. The van der Waals surface area contributed by atoms with Crippen LogP contribution < -0.4 is 26.0 Å². The molecule has 1 aliphatic carbocycles. The molecule has 30 heavy (non-hydrogen) atoms. The first-order chi connectivity index (χ1) is 14.4. The van der Waals surface area contributed by atoms with Gasteiger partial charge in [0.1, 0.15) is 22.7 Å². The van der Waals surface area contributed by atoms with Crippen LogP contribution in [-0.4, -0.2) is 29.3 Å². The van der Waals surface area contributed by atoms with E-state index in [1.54, 1.807) is 25.3 Å². The Morgan fingerprint density at radius 1 is 1.17 bits per heavy atom. The second kappa shape index (κ2) is 7.98. The first-order valence-corrected chi connectivity index (χ1v) is 10.5. The number of hydrogen-bond acceptors (Lipinski definition) is 6. The molecule has 0 unspecified atom stereocenters. The van der Waals surface area contributed by atoms with Crippen LogP contribution in [0.15, 0.2) is 27.8 Å². The highest BCUT2D eigenvalue weighted by Crippen LogP contribution is 2.34. The smallest absolute Gasteiger partial charge is 0.331 e. The fraction of sp³-hybridized carbons (Fsp3) is 0.381. The van der Waals surface area contributed by atoms with E-state index in [9.17, 15) is 14.4 Å². The fourth-order valence-corrected chi connectivity index (χ4v) is 5.25. The third-order valence-corrected chi connectivity index (χ3v) is 6.68. The van der Waals surface area contributed by atoms with Crippen LogP contribution in [0.2, 0.25) is 0 Å². The molecule has 0 saturated carbocycles. The highest BCUT2D eigenvalue weighted by atomic mass is 32.1. The number of aromatic nitrogens is 2. The van der Waals surface area contributed by atoms with Crippen LogP contribution in [0.4, 0.5) is 5.69 Å². The van der Waals surface area contributed by atoms with Gasteiger partial charge in [-0.2, -0.15) is 0 Å². The summed E-state index contributed by atoms with van der Waals surface area (Å²) >= 11 is 1.45. The lowest BCUT2D eigenvalue weighted by molar-refractivity contribution is -0.116. The number of nitrogens with one attached hydrogen (secondary N) is 1. The zero-order valence-electron chi connectivity index (χ0n) is 17.1. The van der Waals surface area contributed by atoms with E-state index in [1.165, 1.54) is 30.1 Å². The Morgan fingerprint density at radius 3 is 2.67 bits per heavy atom. The molecule has 158 valence electrons. The van der Waals surface area contributed by atoms with Crippen molar-refractivity contribution in [3.05, 3.63) is 49.5 Å². The Bertz CT molecular complexity index is 1250. The number of amides is 1. The van der Waals surface area contributed by atoms with Crippen LogP contribution in [0.5, 0.6) is 11.5 Å². The van der Waals surface area contributed by atoms with Gasteiger partial charge >= 0.3 is 5.69 Å². The van der Waals surface area contributed by atoms with Crippen molar-refractivity contribution in [1.82, 2.24) is 9.13 Å². The number of carbonyl (C=O) groups is 1. The molecule has 3 aromatic rings. The Morgan fingerprint density at radius 2 is 1.93 bits per heavy atom. The van der Waals surface area contributed by atoms with Crippen LogP contribution >= 0.6 is 11.3 Å². The van der Waals surface area contributed by atoms with Crippen molar-refractivity contribution in [2.45, 2.75) is 32.2 Å². The van der Waals surface area contributed by atoms with Gasteiger partial charge in [0.25, 0.3) is 5.56 Å². The average Bonchev–Trinajstić information content (AvgIpc) is 3.15. The minimum absolute atomic E-state index is 0.193. The Balaban J connectivity index is 1.74. The number of ether oxygens (including phenoxy) is 2. The van der Waals surface area contributed by atoms with Crippen molar-refractivity contribution < 1.29 is 14.3 Å². The summed E-state index contributed by atoms with van der Waals surface area (Å²) in [5.41, 5.74) is 1.33. The van der Waals surface area contributed by atoms with Gasteiger partial charge in [0.15, 0.2) is 0 Å². The lowest BCUT2D eigenvalue weighted by Crippen LogP contribution is -2.40. The molecular weight excluding hydrogens is 406 g/mol. The van der Waals surface area contributed by atoms with Gasteiger partial charge in [-0.3, -0.25) is 18.7 Å². The van der Waals surface area contributed by atoms with Crippen molar-refractivity contribution >= 4 is 33.1 Å². The van der Waals surface area contributed by atoms with E-state index in [-0.39, 0.29) is 18.0 Å². The molecule has 1 aliphatic rings. The maximum atomic E-state index is 12.9. The van der Waals surface area contributed by atoms with Crippen LogP contribution in [0.3, 0.4) is 0 Å². The molecule has 2 heterocycles. The lowest BCUT2D eigenvalue weighted by Gasteiger charge is -2.15. The van der Waals surface area contributed by atoms with E-state index >= 15 is 0 Å². The molecule has 0 bridgehead atoms. The number of methoxy groups -OCH3 is 2. The number of thiophene rings is 1. The number of nitrogens with zero attached hydrogens (tertiary/aromatic N) is 2. The number of aryl methyl sites for hydroxylation is 2. The van der Waals surface area contributed by atoms with E-state index in [1.807, 2.05) is 0 Å². The number of fused-ring (bicyclic) bond motifs is 3. The van der Waals surface area contributed by atoms with Crippen LogP contribution in [0.25, 0.3) is 10.2 Å². The molecule has 0 radical (unpaired) electrons. The summed E-state index contributed by atoms with van der Waals surface area (Å²) in [5.74, 6) is 0.676. The van der Waals surface area contributed by atoms with Gasteiger partial charge in [0, 0.05) is 18.0 Å². The largest absolute Gasteiger partial charge is 0.497 e. The Hall–Kier alpha value is -3.07. The summed E-state index contributed by atoms with van der Waals surface area (Å²) in [5, 5.41) is 2.80. The fourth-order valence-electron chi connectivity index (χ4n) is 3.88. The number of carbonyl (C=O) groups excluding carboxylic acids is 1. The van der Waals surface area contributed by atoms with Gasteiger partial charge in [-0.05, 0) is 43.4 Å². The number of benzene rings is 1. The summed E-state index contributed by atoms with van der Waals surface area (Å²) in [4.78, 5) is 39.6. The van der Waals surface area contributed by atoms with E-state index in [0.29, 0.717) is 27.4 Å². The number of anilines is 1. The average molecular weight is 429 g/mol. The van der Waals surface area contributed by atoms with Gasteiger partial charge in [-0.1, -0.05) is 0 Å². The van der Waals surface area contributed by atoms with Crippen molar-refractivity contribution in [1.29, 1.82) is 0 Å². The van der Waals surface area contributed by atoms with Crippen molar-refractivity contribution in [2.24, 2.45) is 7.05 Å². The lowest BCUT2D eigenvalue weighted by atomic mass is 9.98. The molecule has 1 amide bonds. The van der Waals surface area contributed by atoms with E-state index in [0.717, 1.165) is 40.7 Å². The van der Waals surface area contributed by atoms with Crippen LogP contribution in [-0.2, 0) is 31.2 Å². The minimum Gasteiger partial charge on any atom is -0.497 e. The van der Waals surface area contributed by atoms with Crippen molar-refractivity contribution in [3.63, 3.8) is 0 Å². The highest BCUT2D eigenvalue weighted by molar-refractivity contribution is 7.19. The van der Waals surface area contributed by atoms with Crippen LogP contribution in [0.1, 0.15) is 23.3 Å². The maximum absolute atomic E-state index is 12.9. The molecule has 8 nitrogen and oxygen atoms in total. The molecule has 9 heteroatoms. The molecule has 0 aliphatic heterocycles. The molecule has 1 aromatic carbocycles. The Labute approximate surface area is 176 Å². The molecule has 4 rings (SSSR count). The van der Waals surface area contributed by atoms with E-state index < -0.39 is 5.69 Å². The van der Waals surface area contributed by atoms with Gasteiger partial charge in [0.05, 0.1) is 25.4 Å². The van der Waals surface area contributed by atoms with Gasteiger partial charge < -0.3 is 14.8 Å². The second-order valence-corrected chi connectivity index (χ2v) is 8.34. The number of hydrogen-bond donors (Lipinski definition) is 1. The molecule has 1 N–H and O–H groups in total. The third kappa shape index (κ3) is 3.39. The van der Waals surface area contributed by atoms with Crippen molar-refractivity contribution in [2.75, 3.05) is 19.5 Å². The first kappa shape index (κ1) is 20.2. The van der Waals surface area contributed by atoms with Crippen LogP contribution in [0, 0.1) is 0 Å².